The van der Waals surface area contributed by atoms with E-state index in [4.69, 9.17) is 4.18 Å². The summed E-state index contributed by atoms with van der Waals surface area (Å²) in [5, 5.41) is 11.3. The highest BCUT2D eigenvalue weighted by molar-refractivity contribution is 7.86. The molecule has 3 fully saturated rings. The lowest BCUT2D eigenvalue weighted by Crippen LogP contribution is -2.55. The second kappa shape index (κ2) is 8.67. The summed E-state index contributed by atoms with van der Waals surface area (Å²) in [4.78, 5) is 12.2. The summed E-state index contributed by atoms with van der Waals surface area (Å²) in [5.41, 5.74) is 1.98. The van der Waals surface area contributed by atoms with Crippen molar-refractivity contribution in [3.05, 3.63) is 53.6 Å². The van der Waals surface area contributed by atoms with Gasteiger partial charge in [0, 0.05) is 5.41 Å². The quantitative estimate of drug-likeness (QED) is 0.562. The largest absolute Gasteiger partial charge is 0.392 e. The fourth-order valence-electron chi connectivity index (χ4n) is 8.23. The Morgan fingerprint density at radius 1 is 1.11 bits per heavy atom. The minimum atomic E-state index is -3.79. The molecular weight excluding hydrogens is 460 g/mol. The number of hydrogen-bond acceptors (Lipinski definition) is 5. The van der Waals surface area contributed by atoms with Crippen molar-refractivity contribution in [3.63, 3.8) is 0 Å². The maximum Gasteiger partial charge on any atom is 0.296 e. The monoisotopic (exact) mass is 498 g/mol. The molecule has 190 valence electrons. The number of carbonyl (C=O) groups excluding carboxylic acids is 1. The summed E-state index contributed by atoms with van der Waals surface area (Å²) in [6.45, 7) is 8.82. The zero-order chi connectivity index (χ0) is 25.2. The maximum absolute atomic E-state index is 12.8. The van der Waals surface area contributed by atoms with Crippen LogP contribution in [0.1, 0.15) is 58.4 Å². The van der Waals surface area contributed by atoms with E-state index in [1.54, 1.807) is 36.4 Å². The van der Waals surface area contributed by atoms with Crippen LogP contribution in [-0.4, -0.2) is 32.0 Å². The standard InChI is InChI=1S/C29H38O5S/c1-18-5-7-22(8-6-18)35(32,33)34-17-19(2)23-9-10-24-27-25(12-14-29(23,24)4)28(3)13-11-21(30)15-20(28)16-26(27)31/h5-8,11,13,15,19,23-27,31H,9-10,12,14,16-17H2,1-4H3/t19?,23-,24+,25+,26-,27+,28+,29-/m1/s1. The van der Waals surface area contributed by atoms with Crippen molar-refractivity contribution in [2.45, 2.75) is 70.8 Å². The number of aliphatic hydroxyl groups excluding tert-OH is 1. The molecule has 0 radical (unpaired) electrons. The average Bonchev–Trinajstić information content (AvgIpc) is 3.16. The molecule has 6 heteroatoms. The number of rotatable bonds is 5. The molecule has 1 unspecified atom stereocenters. The van der Waals surface area contributed by atoms with Crippen molar-refractivity contribution in [2.24, 2.45) is 40.4 Å². The number of fused-ring (bicyclic) bond motifs is 5. The van der Waals surface area contributed by atoms with Crippen LogP contribution in [0.3, 0.4) is 0 Å². The molecule has 0 amide bonds. The highest BCUT2D eigenvalue weighted by Crippen LogP contribution is 2.66. The third kappa shape index (κ3) is 4.06. The Hall–Kier alpha value is -1.76. The summed E-state index contributed by atoms with van der Waals surface area (Å²) < 4.78 is 31.1. The van der Waals surface area contributed by atoms with Gasteiger partial charge in [-0.15, -0.1) is 0 Å². The number of aliphatic hydroxyl groups is 1. The molecule has 0 saturated heterocycles. The number of aryl methyl sites for hydroxylation is 1. The van der Waals surface area contributed by atoms with Crippen molar-refractivity contribution < 1.29 is 22.5 Å². The second-order valence-electron chi connectivity index (χ2n) is 12.0. The van der Waals surface area contributed by atoms with E-state index < -0.39 is 16.2 Å². The predicted octanol–water partition coefficient (Wildman–Crippen LogP) is 5.23. The van der Waals surface area contributed by atoms with Gasteiger partial charge in [-0.2, -0.15) is 8.42 Å². The molecule has 0 aromatic heterocycles. The van der Waals surface area contributed by atoms with Crippen LogP contribution in [0.25, 0.3) is 0 Å². The first-order valence-electron chi connectivity index (χ1n) is 13.0. The Labute approximate surface area is 209 Å². The van der Waals surface area contributed by atoms with Crippen LogP contribution in [0.2, 0.25) is 0 Å². The summed E-state index contributed by atoms with van der Waals surface area (Å²) in [6, 6.07) is 6.78. The van der Waals surface area contributed by atoms with Gasteiger partial charge in [-0.1, -0.05) is 50.1 Å². The Morgan fingerprint density at radius 3 is 2.54 bits per heavy atom. The first-order chi connectivity index (χ1) is 16.5. The predicted molar refractivity (Wildman–Crippen MR) is 135 cm³/mol. The van der Waals surface area contributed by atoms with E-state index >= 15 is 0 Å². The number of hydrogen-bond donors (Lipinski definition) is 1. The normalized spacial score (nSPS) is 39.4. The third-order valence-electron chi connectivity index (χ3n) is 10.1. The fraction of sp³-hybridized carbons (Fsp3) is 0.621. The Bertz CT molecular complexity index is 1170. The molecule has 1 N–H and O–H groups in total. The van der Waals surface area contributed by atoms with Crippen molar-refractivity contribution in [2.75, 3.05) is 6.61 Å². The van der Waals surface area contributed by atoms with Crippen LogP contribution in [0.4, 0.5) is 0 Å². The lowest BCUT2D eigenvalue weighted by atomic mass is 9.46. The summed E-state index contributed by atoms with van der Waals surface area (Å²) >= 11 is 0. The van der Waals surface area contributed by atoms with Crippen LogP contribution in [0.5, 0.6) is 0 Å². The van der Waals surface area contributed by atoms with Gasteiger partial charge >= 0.3 is 0 Å². The van der Waals surface area contributed by atoms with Crippen LogP contribution < -0.4 is 0 Å². The minimum Gasteiger partial charge on any atom is -0.392 e. The van der Waals surface area contributed by atoms with Gasteiger partial charge in [-0.25, -0.2) is 0 Å². The van der Waals surface area contributed by atoms with Gasteiger partial charge in [0.05, 0.1) is 17.6 Å². The first kappa shape index (κ1) is 24.9. The van der Waals surface area contributed by atoms with Gasteiger partial charge in [-0.05, 0) is 98.3 Å². The Kier molecular flexibility index (Phi) is 6.17. The smallest absolute Gasteiger partial charge is 0.296 e. The highest BCUT2D eigenvalue weighted by atomic mass is 32.2. The number of carbonyl (C=O) groups is 1. The molecule has 1 aromatic carbocycles. The van der Waals surface area contributed by atoms with Crippen molar-refractivity contribution in [3.8, 4) is 0 Å². The van der Waals surface area contributed by atoms with E-state index in [9.17, 15) is 18.3 Å². The van der Waals surface area contributed by atoms with Crippen LogP contribution in [0, 0.1) is 47.3 Å². The molecule has 0 spiro atoms. The second-order valence-corrected chi connectivity index (χ2v) is 13.6. The lowest BCUT2D eigenvalue weighted by molar-refractivity contribution is -0.113. The number of ketones is 1. The molecule has 0 aliphatic heterocycles. The van der Waals surface area contributed by atoms with E-state index in [1.807, 2.05) is 6.92 Å². The zero-order valence-corrected chi connectivity index (χ0v) is 22.1. The molecule has 35 heavy (non-hydrogen) atoms. The molecule has 4 aliphatic carbocycles. The number of benzene rings is 1. The van der Waals surface area contributed by atoms with E-state index in [-0.39, 0.29) is 40.0 Å². The molecule has 4 aliphatic rings. The Morgan fingerprint density at radius 2 is 1.83 bits per heavy atom. The van der Waals surface area contributed by atoms with E-state index in [2.05, 4.69) is 26.8 Å². The zero-order valence-electron chi connectivity index (χ0n) is 21.2. The van der Waals surface area contributed by atoms with Crippen LogP contribution in [-0.2, 0) is 19.1 Å². The van der Waals surface area contributed by atoms with Crippen LogP contribution in [0.15, 0.2) is 53.0 Å². The molecular formula is C29H38O5S. The molecule has 0 bridgehead atoms. The van der Waals surface area contributed by atoms with E-state index in [0.29, 0.717) is 24.2 Å². The van der Waals surface area contributed by atoms with Crippen molar-refractivity contribution in [1.29, 1.82) is 0 Å². The minimum absolute atomic E-state index is 0.0270. The van der Waals surface area contributed by atoms with Gasteiger partial charge in [0.25, 0.3) is 10.1 Å². The van der Waals surface area contributed by atoms with Gasteiger partial charge in [0.2, 0.25) is 0 Å². The molecule has 1 aromatic rings. The van der Waals surface area contributed by atoms with Crippen LogP contribution >= 0.6 is 0 Å². The summed E-state index contributed by atoms with van der Waals surface area (Å²) in [6.07, 6.45) is 9.81. The van der Waals surface area contributed by atoms with Crippen molar-refractivity contribution >= 4 is 15.9 Å². The highest BCUT2D eigenvalue weighted by Gasteiger charge is 2.61. The average molecular weight is 499 g/mol. The van der Waals surface area contributed by atoms with Gasteiger partial charge in [0.15, 0.2) is 5.78 Å². The first-order valence-corrected chi connectivity index (χ1v) is 14.4. The number of allylic oxidation sites excluding steroid dienone is 3. The molecule has 5 rings (SSSR count). The van der Waals surface area contributed by atoms with Gasteiger partial charge in [0.1, 0.15) is 0 Å². The molecule has 0 heterocycles. The van der Waals surface area contributed by atoms with Crippen molar-refractivity contribution in [1.82, 2.24) is 0 Å². The maximum atomic E-state index is 12.8. The molecule has 8 atom stereocenters. The molecule has 3 saturated carbocycles. The lowest BCUT2D eigenvalue weighted by Gasteiger charge is -2.58. The third-order valence-corrected chi connectivity index (χ3v) is 11.4. The molecule has 5 nitrogen and oxygen atoms in total. The van der Waals surface area contributed by atoms with Gasteiger partial charge < -0.3 is 5.11 Å². The van der Waals surface area contributed by atoms with Gasteiger partial charge in [-0.3, -0.25) is 8.98 Å². The Balaban J connectivity index is 1.32. The van der Waals surface area contributed by atoms with E-state index in [0.717, 1.165) is 36.8 Å². The van der Waals surface area contributed by atoms with E-state index in [1.165, 1.54) is 0 Å². The topological polar surface area (TPSA) is 80.7 Å². The SMILES string of the molecule is Cc1ccc(S(=O)(=O)OCC(C)[C@H]2CC[C@H]3[C@@H]4[C@H](O)CC5=CC(=O)C=C[C@]5(C)[C@H]4CC[C@]23C)cc1. The summed E-state index contributed by atoms with van der Waals surface area (Å²) in [7, 11) is -3.79. The summed E-state index contributed by atoms with van der Waals surface area (Å²) in [5.74, 6) is 1.39. The fourth-order valence-corrected chi connectivity index (χ4v) is 9.23.